The second kappa shape index (κ2) is 15.6. The van der Waals surface area contributed by atoms with E-state index in [0.29, 0.717) is 67.4 Å². The minimum absolute atomic E-state index is 0.0187. The van der Waals surface area contributed by atoms with Crippen LogP contribution in [0.15, 0.2) is 77.0 Å². The van der Waals surface area contributed by atoms with Gasteiger partial charge in [0.25, 0.3) is 0 Å². The van der Waals surface area contributed by atoms with Gasteiger partial charge in [-0.2, -0.15) is 0 Å². The van der Waals surface area contributed by atoms with Crippen LogP contribution in [0.2, 0.25) is 10.0 Å². The number of piperazine rings is 1. The molecule has 0 unspecified atom stereocenters. The number of hydrogen-bond donors (Lipinski definition) is 0. The van der Waals surface area contributed by atoms with Crippen molar-refractivity contribution >= 4 is 44.9 Å². The van der Waals surface area contributed by atoms with E-state index in [1.54, 1.807) is 0 Å². The summed E-state index contributed by atoms with van der Waals surface area (Å²) in [4.78, 5) is 26.7. The molecule has 0 spiro atoms. The number of nitrogens with zero attached hydrogens (tertiary/aromatic N) is 4. The summed E-state index contributed by atoms with van der Waals surface area (Å²) in [5.41, 5.74) is 0.610. The molecule has 2 amide bonds. The van der Waals surface area contributed by atoms with Gasteiger partial charge in [-0.25, -0.2) is 13.2 Å². The number of hydrogen-bond acceptors (Lipinski definition) is 6. The largest absolute Gasteiger partial charge is 0.493 e. The molecule has 2 aliphatic rings. The standard InChI is InChI=1S/C38H52Cl2N4O4S/c1-9-32(33(48-10-2)20-21-36(3,4)5)34-41-37(6,28-12-16-30(39)17-13-28)38(7,29-14-18-31(40)19-15-29)44(34)35(45)43-25-23-42(24-26-43)22-11-27-49(8,46)47/h9,12-20H,10-11,21-27H2,1-8H3/t37-,38+/m0/s1. The molecule has 1 fully saturated rings. The highest BCUT2D eigenvalue weighted by Gasteiger charge is 2.60. The summed E-state index contributed by atoms with van der Waals surface area (Å²) in [6.07, 6.45) is 6.69. The highest BCUT2D eigenvalue weighted by Crippen LogP contribution is 2.54. The van der Waals surface area contributed by atoms with Crippen LogP contribution in [0.3, 0.4) is 0 Å². The zero-order chi connectivity index (χ0) is 36.2. The van der Waals surface area contributed by atoms with E-state index in [-0.39, 0.29) is 17.2 Å². The molecule has 0 bridgehead atoms. The Morgan fingerprint density at radius 1 is 0.959 bits per heavy atom. The predicted octanol–water partition coefficient (Wildman–Crippen LogP) is 8.31. The van der Waals surface area contributed by atoms with E-state index in [2.05, 4.69) is 45.6 Å². The summed E-state index contributed by atoms with van der Waals surface area (Å²) in [6, 6.07) is 15.2. The number of carbonyl (C=O) groups is 1. The summed E-state index contributed by atoms with van der Waals surface area (Å²) in [6.45, 7) is 18.0. The zero-order valence-corrected chi connectivity index (χ0v) is 32.6. The Hall–Kier alpha value is -2.85. The Morgan fingerprint density at radius 3 is 2.00 bits per heavy atom. The normalized spacial score (nSPS) is 22.8. The van der Waals surface area contributed by atoms with Gasteiger partial charge < -0.3 is 9.64 Å². The van der Waals surface area contributed by atoms with Gasteiger partial charge in [0.05, 0.1) is 17.9 Å². The number of aliphatic imine (C=N–C) groups is 1. The molecule has 0 N–H and O–H groups in total. The number of rotatable bonds is 11. The molecule has 2 atom stereocenters. The third kappa shape index (κ3) is 8.91. The maximum atomic E-state index is 15.1. The Morgan fingerprint density at radius 2 is 1.51 bits per heavy atom. The van der Waals surface area contributed by atoms with E-state index in [4.69, 9.17) is 32.9 Å². The average Bonchev–Trinajstić information content (AvgIpc) is 3.27. The molecular weight excluding hydrogens is 679 g/mol. The maximum absolute atomic E-state index is 15.1. The topological polar surface area (TPSA) is 82.5 Å². The molecule has 2 heterocycles. The van der Waals surface area contributed by atoms with Crippen LogP contribution in [0.4, 0.5) is 4.79 Å². The summed E-state index contributed by atoms with van der Waals surface area (Å²) >= 11 is 12.8. The van der Waals surface area contributed by atoms with Gasteiger partial charge in [-0.05, 0) is 94.0 Å². The van der Waals surface area contributed by atoms with Gasteiger partial charge in [0.2, 0.25) is 0 Å². The number of sulfone groups is 1. The van der Waals surface area contributed by atoms with Gasteiger partial charge in [-0.15, -0.1) is 0 Å². The summed E-state index contributed by atoms with van der Waals surface area (Å²) < 4.78 is 29.7. The van der Waals surface area contributed by atoms with Crippen LogP contribution in [0.5, 0.6) is 0 Å². The number of amidine groups is 1. The van der Waals surface area contributed by atoms with E-state index < -0.39 is 20.9 Å². The van der Waals surface area contributed by atoms with Crippen LogP contribution in [0.25, 0.3) is 0 Å². The minimum Gasteiger partial charge on any atom is -0.493 e. The summed E-state index contributed by atoms with van der Waals surface area (Å²) in [5, 5.41) is 1.21. The van der Waals surface area contributed by atoms with Gasteiger partial charge in [0, 0.05) is 42.5 Å². The van der Waals surface area contributed by atoms with Gasteiger partial charge in [0.15, 0.2) is 0 Å². The number of urea groups is 1. The second-order valence-electron chi connectivity index (χ2n) is 14.5. The Balaban J connectivity index is 1.86. The van der Waals surface area contributed by atoms with Crippen molar-refractivity contribution in [1.82, 2.24) is 14.7 Å². The molecule has 0 radical (unpaired) electrons. The highest BCUT2D eigenvalue weighted by molar-refractivity contribution is 7.90. The number of benzene rings is 2. The van der Waals surface area contributed by atoms with Crippen molar-refractivity contribution in [3.8, 4) is 0 Å². The van der Waals surface area contributed by atoms with Crippen molar-refractivity contribution in [3.63, 3.8) is 0 Å². The fraction of sp³-hybridized carbons (Fsp3) is 0.526. The molecular formula is C38H52Cl2N4O4S. The third-order valence-electron chi connectivity index (χ3n) is 9.57. The Kier molecular flexibility index (Phi) is 12.4. The Labute approximate surface area is 303 Å². The molecule has 0 saturated carbocycles. The lowest BCUT2D eigenvalue weighted by Crippen LogP contribution is -2.60. The van der Waals surface area contributed by atoms with Crippen molar-refractivity contribution in [1.29, 1.82) is 0 Å². The first-order chi connectivity index (χ1) is 22.9. The van der Waals surface area contributed by atoms with E-state index in [0.717, 1.165) is 23.1 Å². The van der Waals surface area contributed by atoms with Gasteiger partial charge in [0.1, 0.15) is 32.5 Å². The predicted molar refractivity (Wildman–Crippen MR) is 202 cm³/mol. The first-order valence-electron chi connectivity index (χ1n) is 17.0. The number of amides is 2. The van der Waals surface area contributed by atoms with Crippen molar-refractivity contribution in [2.75, 3.05) is 51.3 Å². The SMILES string of the molecule is CC=C(C(=CCC(C)(C)C)OCC)C1=N[C@@](C)(c2ccc(Cl)cc2)[C@@](C)(c2ccc(Cl)cc2)N1C(=O)N1CCN(CCCS(C)(=O)=O)CC1. The van der Waals surface area contributed by atoms with Crippen molar-refractivity contribution < 1.29 is 17.9 Å². The Bertz CT molecular complexity index is 1680. The number of ether oxygens (including phenoxy) is 1. The van der Waals surface area contributed by atoms with Crippen molar-refractivity contribution in [2.24, 2.45) is 10.4 Å². The number of halogens is 2. The molecule has 0 aromatic heterocycles. The molecule has 2 aromatic carbocycles. The lowest BCUT2D eigenvalue weighted by atomic mass is 9.71. The molecule has 2 aromatic rings. The molecule has 11 heteroatoms. The smallest absolute Gasteiger partial charge is 0.326 e. The molecule has 4 rings (SSSR count). The summed E-state index contributed by atoms with van der Waals surface area (Å²) in [7, 11) is -3.03. The van der Waals surface area contributed by atoms with Crippen molar-refractivity contribution in [3.05, 3.63) is 93.2 Å². The van der Waals surface area contributed by atoms with E-state index in [1.165, 1.54) is 6.26 Å². The molecule has 49 heavy (non-hydrogen) atoms. The third-order valence-corrected chi connectivity index (χ3v) is 11.1. The van der Waals surface area contributed by atoms with Crippen LogP contribution in [0.1, 0.15) is 72.4 Å². The van der Waals surface area contributed by atoms with Gasteiger partial charge in [-0.1, -0.05) is 74.3 Å². The van der Waals surface area contributed by atoms with E-state index >= 15 is 4.79 Å². The van der Waals surface area contributed by atoms with Crippen LogP contribution in [0, 0.1) is 5.41 Å². The van der Waals surface area contributed by atoms with Crippen LogP contribution >= 0.6 is 23.2 Å². The fourth-order valence-corrected chi connectivity index (χ4v) is 7.51. The van der Waals surface area contributed by atoms with E-state index in [9.17, 15) is 8.42 Å². The van der Waals surface area contributed by atoms with Crippen LogP contribution < -0.4 is 0 Å². The first-order valence-corrected chi connectivity index (χ1v) is 19.9. The lowest BCUT2D eigenvalue weighted by Gasteiger charge is -2.47. The van der Waals surface area contributed by atoms with Crippen LogP contribution in [-0.4, -0.2) is 86.3 Å². The summed E-state index contributed by atoms with van der Waals surface area (Å²) in [5.74, 6) is 1.37. The fourth-order valence-electron chi connectivity index (χ4n) is 6.60. The second-order valence-corrected chi connectivity index (χ2v) is 17.6. The molecule has 1 saturated heterocycles. The quantitative estimate of drug-likeness (QED) is 0.172. The van der Waals surface area contributed by atoms with Crippen molar-refractivity contribution in [2.45, 2.75) is 72.4 Å². The highest BCUT2D eigenvalue weighted by atomic mass is 35.5. The minimum atomic E-state index is -3.03. The van der Waals surface area contributed by atoms with Gasteiger partial charge in [-0.3, -0.25) is 14.8 Å². The number of carbonyl (C=O) groups excluding carboxylic acids is 1. The number of allylic oxidation sites excluding steroid dienone is 2. The average molecular weight is 732 g/mol. The lowest BCUT2D eigenvalue weighted by molar-refractivity contribution is 0.0866. The van der Waals surface area contributed by atoms with Crippen LogP contribution in [-0.2, 0) is 25.7 Å². The van der Waals surface area contributed by atoms with E-state index in [1.807, 2.05) is 78.3 Å². The molecule has 2 aliphatic heterocycles. The molecule has 8 nitrogen and oxygen atoms in total. The van der Waals surface area contributed by atoms with Gasteiger partial charge >= 0.3 is 6.03 Å². The molecule has 0 aliphatic carbocycles. The molecule has 268 valence electrons. The maximum Gasteiger partial charge on any atom is 0.326 e. The monoisotopic (exact) mass is 730 g/mol. The first kappa shape index (κ1) is 38.9. The zero-order valence-electron chi connectivity index (χ0n) is 30.2.